The summed E-state index contributed by atoms with van der Waals surface area (Å²) in [6.45, 7) is 1.88. The summed E-state index contributed by atoms with van der Waals surface area (Å²) < 4.78 is 0. The molecule has 2 aromatic rings. The summed E-state index contributed by atoms with van der Waals surface area (Å²) in [5, 5.41) is 0. The number of carbonyl (C=O) groups is 1. The Morgan fingerprint density at radius 3 is 2.52 bits per heavy atom. The lowest BCUT2D eigenvalue weighted by Gasteiger charge is -2.25. The number of likely N-dealkylation sites (N-methyl/N-ethyl adjacent to an activating group) is 1. The molecule has 132 valence electrons. The third-order valence-corrected chi connectivity index (χ3v) is 5.14. The molecule has 0 radical (unpaired) electrons. The minimum Gasteiger partial charge on any atom is -0.334 e. The number of thioether (sulfide) groups is 1. The van der Waals surface area contributed by atoms with Crippen LogP contribution in [0.1, 0.15) is 24.0 Å². The van der Waals surface area contributed by atoms with E-state index >= 15 is 0 Å². The first-order chi connectivity index (χ1) is 12.2. The number of pyridine rings is 1. The molecule has 1 aromatic carbocycles. The number of nitrogens with zero attached hydrogens (tertiary/aromatic N) is 3. The van der Waals surface area contributed by atoms with E-state index in [0.29, 0.717) is 19.1 Å². The van der Waals surface area contributed by atoms with Crippen molar-refractivity contribution in [2.45, 2.75) is 36.9 Å². The van der Waals surface area contributed by atoms with Crippen LogP contribution in [0.2, 0.25) is 0 Å². The van der Waals surface area contributed by atoms with Gasteiger partial charge in [-0.05, 0) is 55.5 Å². The Bertz CT molecular complexity index is 686. The molecular formula is C20H25N3OS. The lowest BCUT2D eigenvalue weighted by atomic mass is 10.2. The van der Waals surface area contributed by atoms with Crippen LogP contribution in [-0.4, -0.2) is 46.6 Å². The highest BCUT2D eigenvalue weighted by atomic mass is 32.2. The van der Waals surface area contributed by atoms with Gasteiger partial charge >= 0.3 is 0 Å². The number of rotatable bonds is 8. The summed E-state index contributed by atoms with van der Waals surface area (Å²) in [5.41, 5.74) is 2.33. The maximum Gasteiger partial charge on any atom is 0.237 e. The second-order valence-corrected chi connectivity index (χ2v) is 7.51. The molecule has 1 saturated carbocycles. The fraction of sp³-hybridized carbons (Fsp3) is 0.400. The first-order valence-corrected chi connectivity index (χ1v) is 9.88. The molecule has 4 nitrogen and oxygen atoms in total. The number of hydrogen-bond acceptors (Lipinski definition) is 4. The monoisotopic (exact) mass is 355 g/mol. The van der Waals surface area contributed by atoms with Crippen molar-refractivity contribution in [1.29, 1.82) is 0 Å². The Morgan fingerprint density at radius 1 is 1.16 bits per heavy atom. The highest BCUT2D eigenvalue weighted by Gasteiger charge is 2.32. The quantitative estimate of drug-likeness (QED) is 0.680. The van der Waals surface area contributed by atoms with Crippen molar-refractivity contribution in [3.05, 3.63) is 59.9 Å². The lowest BCUT2D eigenvalue weighted by Crippen LogP contribution is -2.39. The normalized spacial score (nSPS) is 13.9. The van der Waals surface area contributed by atoms with E-state index in [-0.39, 0.29) is 5.91 Å². The van der Waals surface area contributed by atoms with Gasteiger partial charge < -0.3 is 4.90 Å². The topological polar surface area (TPSA) is 36.4 Å². The molecule has 1 fully saturated rings. The zero-order valence-electron chi connectivity index (χ0n) is 14.9. The number of hydrogen-bond donors (Lipinski definition) is 0. The Labute approximate surface area is 154 Å². The van der Waals surface area contributed by atoms with Gasteiger partial charge in [0.2, 0.25) is 5.91 Å². The molecule has 0 aliphatic heterocycles. The highest BCUT2D eigenvalue weighted by Crippen LogP contribution is 2.29. The average Bonchev–Trinajstić information content (AvgIpc) is 3.45. The van der Waals surface area contributed by atoms with Gasteiger partial charge in [0.05, 0.1) is 6.54 Å². The van der Waals surface area contributed by atoms with Crippen LogP contribution < -0.4 is 0 Å². The second-order valence-electron chi connectivity index (χ2n) is 6.63. The summed E-state index contributed by atoms with van der Waals surface area (Å²) in [4.78, 5) is 22.3. The van der Waals surface area contributed by atoms with Gasteiger partial charge in [-0.15, -0.1) is 11.8 Å². The number of carbonyl (C=O) groups excluding carboxylic acids is 1. The van der Waals surface area contributed by atoms with Gasteiger partial charge in [0.1, 0.15) is 0 Å². The van der Waals surface area contributed by atoms with E-state index in [1.165, 1.54) is 10.5 Å². The van der Waals surface area contributed by atoms with E-state index in [1.54, 1.807) is 18.0 Å². The Kier molecular flexibility index (Phi) is 6.10. The molecule has 1 heterocycles. The molecule has 0 spiro atoms. The summed E-state index contributed by atoms with van der Waals surface area (Å²) >= 11 is 1.74. The van der Waals surface area contributed by atoms with Gasteiger partial charge in [-0.25, -0.2) is 0 Å². The maximum atomic E-state index is 12.8. The van der Waals surface area contributed by atoms with Crippen LogP contribution in [0.5, 0.6) is 0 Å². The van der Waals surface area contributed by atoms with E-state index < -0.39 is 0 Å². The fourth-order valence-electron chi connectivity index (χ4n) is 2.92. The van der Waals surface area contributed by atoms with Crippen molar-refractivity contribution < 1.29 is 4.79 Å². The van der Waals surface area contributed by atoms with Gasteiger partial charge in [0.25, 0.3) is 0 Å². The van der Waals surface area contributed by atoms with Gasteiger partial charge in [-0.2, -0.15) is 0 Å². The minimum absolute atomic E-state index is 0.211. The van der Waals surface area contributed by atoms with Crippen LogP contribution >= 0.6 is 11.8 Å². The van der Waals surface area contributed by atoms with E-state index in [4.69, 9.17) is 0 Å². The van der Waals surface area contributed by atoms with Crippen LogP contribution in [0.3, 0.4) is 0 Å². The molecule has 1 aliphatic rings. The van der Waals surface area contributed by atoms with Gasteiger partial charge in [-0.1, -0.05) is 18.2 Å². The van der Waals surface area contributed by atoms with Crippen LogP contribution in [0, 0.1) is 0 Å². The molecule has 5 heteroatoms. The Hall–Kier alpha value is -1.85. The molecule has 25 heavy (non-hydrogen) atoms. The minimum atomic E-state index is 0.211. The Balaban J connectivity index is 1.58. The van der Waals surface area contributed by atoms with E-state index in [0.717, 1.165) is 24.9 Å². The summed E-state index contributed by atoms with van der Waals surface area (Å²) in [6.07, 6.45) is 7.95. The van der Waals surface area contributed by atoms with Crippen molar-refractivity contribution in [2.24, 2.45) is 0 Å². The predicted molar refractivity (Wildman–Crippen MR) is 102 cm³/mol. The molecule has 1 aromatic heterocycles. The smallest absolute Gasteiger partial charge is 0.237 e. The number of aromatic nitrogens is 1. The summed E-state index contributed by atoms with van der Waals surface area (Å²) in [5.74, 6) is 0.211. The lowest BCUT2D eigenvalue weighted by molar-refractivity contribution is -0.133. The Morgan fingerprint density at radius 2 is 1.92 bits per heavy atom. The largest absolute Gasteiger partial charge is 0.334 e. The van der Waals surface area contributed by atoms with Crippen molar-refractivity contribution in [3.8, 4) is 0 Å². The van der Waals surface area contributed by atoms with E-state index in [9.17, 15) is 4.79 Å². The van der Waals surface area contributed by atoms with Crippen molar-refractivity contribution >= 4 is 17.7 Å². The molecule has 1 amide bonds. The van der Waals surface area contributed by atoms with E-state index in [2.05, 4.69) is 40.4 Å². The van der Waals surface area contributed by atoms with Crippen molar-refractivity contribution in [1.82, 2.24) is 14.8 Å². The van der Waals surface area contributed by atoms with Crippen LogP contribution in [0.25, 0.3) is 0 Å². The zero-order chi connectivity index (χ0) is 17.6. The summed E-state index contributed by atoms with van der Waals surface area (Å²) in [7, 11) is 1.99. The summed E-state index contributed by atoms with van der Waals surface area (Å²) in [6, 6.07) is 12.9. The molecule has 3 rings (SSSR count). The fourth-order valence-corrected chi connectivity index (χ4v) is 3.32. The van der Waals surface area contributed by atoms with Crippen LogP contribution in [-0.2, 0) is 17.9 Å². The van der Waals surface area contributed by atoms with Crippen LogP contribution in [0.15, 0.2) is 53.7 Å². The molecule has 0 saturated heterocycles. The average molecular weight is 356 g/mol. The van der Waals surface area contributed by atoms with Gasteiger partial charge in [0, 0.05) is 36.4 Å². The second kappa shape index (κ2) is 8.50. The first-order valence-electron chi connectivity index (χ1n) is 8.65. The van der Waals surface area contributed by atoms with Crippen LogP contribution in [0.4, 0.5) is 0 Å². The zero-order valence-corrected chi connectivity index (χ0v) is 15.7. The molecule has 1 aliphatic carbocycles. The molecule has 0 unspecified atom stereocenters. The van der Waals surface area contributed by atoms with E-state index in [1.807, 2.05) is 30.3 Å². The predicted octanol–water partition coefficient (Wildman–Crippen LogP) is 3.43. The molecule has 0 N–H and O–H groups in total. The number of benzene rings is 1. The molecule has 0 bridgehead atoms. The third-order valence-electron chi connectivity index (χ3n) is 4.40. The third kappa shape index (κ3) is 5.31. The number of amides is 1. The molecular weight excluding hydrogens is 330 g/mol. The first kappa shape index (κ1) is 18.0. The maximum absolute atomic E-state index is 12.8. The highest BCUT2D eigenvalue weighted by molar-refractivity contribution is 7.98. The van der Waals surface area contributed by atoms with Crippen molar-refractivity contribution in [3.63, 3.8) is 0 Å². The van der Waals surface area contributed by atoms with Gasteiger partial charge in [0.15, 0.2) is 0 Å². The van der Waals surface area contributed by atoms with Gasteiger partial charge in [-0.3, -0.25) is 14.7 Å². The standard InChI is InChI=1S/C20H25N3OS/c1-22(13-17-4-3-11-21-12-17)15-20(24)23(18-7-8-18)14-16-5-9-19(25-2)10-6-16/h3-6,9-12,18H,7-8,13-15H2,1-2H3. The SMILES string of the molecule is CSc1ccc(CN(C(=O)CN(C)Cc2cccnc2)C2CC2)cc1. The molecule has 0 atom stereocenters. The van der Waals surface area contributed by atoms with Crippen molar-refractivity contribution in [2.75, 3.05) is 19.8 Å².